The number of unbranched alkanes of at least 4 members (excludes halogenated alkanes) is 13. The minimum Gasteiger partial charge on any atom is -0.388 e. The van der Waals surface area contributed by atoms with Crippen LogP contribution in [0.15, 0.2) is 12.2 Å². The van der Waals surface area contributed by atoms with Crippen LogP contribution in [0.1, 0.15) is 103 Å². The third-order valence-electron chi connectivity index (χ3n) is 5.91. The van der Waals surface area contributed by atoms with Gasteiger partial charge in [-0.3, -0.25) is 0 Å². The van der Waals surface area contributed by atoms with Crippen molar-refractivity contribution in [3.05, 3.63) is 12.2 Å². The van der Waals surface area contributed by atoms with E-state index in [1.807, 2.05) is 0 Å². The molecule has 1 rings (SSSR count). The second-order valence-corrected chi connectivity index (χ2v) is 8.79. The van der Waals surface area contributed by atoms with Gasteiger partial charge in [0.25, 0.3) is 0 Å². The highest BCUT2D eigenvalue weighted by molar-refractivity contribution is 4.87. The van der Waals surface area contributed by atoms with Crippen LogP contribution in [0.3, 0.4) is 0 Å². The SMILES string of the molecule is CCCCCCCCCC/C=C/CCCCCCCOC[C@@H](O)[C@H]1OC[C@H](O)[C@H]1O. The molecule has 1 heterocycles. The van der Waals surface area contributed by atoms with Gasteiger partial charge in [-0.2, -0.15) is 0 Å². The Morgan fingerprint density at radius 3 is 1.90 bits per heavy atom. The molecule has 0 saturated carbocycles. The van der Waals surface area contributed by atoms with Crippen LogP contribution in [0.5, 0.6) is 0 Å². The highest BCUT2D eigenvalue weighted by Gasteiger charge is 2.39. The van der Waals surface area contributed by atoms with E-state index >= 15 is 0 Å². The zero-order valence-corrected chi connectivity index (χ0v) is 19.4. The molecule has 0 aliphatic carbocycles. The first kappa shape index (κ1) is 27.6. The summed E-state index contributed by atoms with van der Waals surface area (Å²) >= 11 is 0. The second kappa shape index (κ2) is 19.2. The van der Waals surface area contributed by atoms with Crippen molar-refractivity contribution < 1.29 is 24.8 Å². The first-order valence-electron chi connectivity index (χ1n) is 12.5. The molecular formula is C25H48O5. The maximum absolute atomic E-state index is 9.95. The van der Waals surface area contributed by atoms with E-state index in [4.69, 9.17) is 9.47 Å². The standard InChI is InChI=1S/C25H48O5/c1-2-3-4-5-6-7-8-9-10-11-12-13-14-15-16-17-18-19-29-20-23(27)25-24(28)22(26)21-30-25/h11-12,22-28H,2-10,13-21H2,1H3/b12-11+/t22-,23+,24+,25+/m0/s1. The molecule has 0 bridgehead atoms. The fraction of sp³-hybridized carbons (Fsp3) is 0.920. The summed E-state index contributed by atoms with van der Waals surface area (Å²) in [5, 5.41) is 29.1. The lowest BCUT2D eigenvalue weighted by Gasteiger charge is -2.20. The molecule has 0 aromatic carbocycles. The van der Waals surface area contributed by atoms with Crippen molar-refractivity contribution >= 4 is 0 Å². The number of hydrogen-bond donors (Lipinski definition) is 3. The summed E-state index contributed by atoms with van der Waals surface area (Å²) in [6, 6.07) is 0. The van der Waals surface area contributed by atoms with Crippen LogP contribution < -0.4 is 0 Å². The predicted octanol–water partition coefficient (Wildman–Crippen LogP) is 4.91. The van der Waals surface area contributed by atoms with Crippen molar-refractivity contribution in [3.63, 3.8) is 0 Å². The number of allylic oxidation sites excluding steroid dienone is 2. The lowest BCUT2D eigenvalue weighted by atomic mass is 10.1. The Labute approximate surface area is 184 Å². The Morgan fingerprint density at radius 1 is 0.833 bits per heavy atom. The summed E-state index contributed by atoms with van der Waals surface area (Å²) in [6.07, 6.45) is 20.5. The molecule has 1 aliphatic rings. The molecule has 0 aromatic rings. The zero-order chi connectivity index (χ0) is 21.9. The van der Waals surface area contributed by atoms with Crippen LogP contribution in [0.2, 0.25) is 0 Å². The highest BCUT2D eigenvalue weighted by Crippen LogP contribution is 2.18. The maximum Gasteiger partial charge on any atom is 0.114 e. The zero-order valence-electron chi connectivity index (χ0n) is 19.4. The summed E-state index contributed by atoms with van der Waals surface area (Å²) in [7, 11) is 0. The summed E-state index contributed by atoms with van der Waals surface area (Å²) in [5.41, 5.74) is 0. The Morgan fingerprint density at radius 2 is 1.37 bits per heavy atom. The van der Waals surface area contributed by atoms with Crippen LogP contribution in [0, 0.1) is 0 Å². The summed E-state index contributed by atoms with van der Waals surface area (Å²) in [5.74, 6) is 0. The van der Waals surface area contributed by atoms with Crippen molar-refractivity contribution in [3.8, 4) is 0 Å². The number of aliphatic hydroxyl groups excluding tert-OH is 3. The maximum atomic E-state index is 9.95. The lowest BCUT2D eigenvalue weighted by Crippen LogP contribution is -2.40. The van der Waals surface area contributed by atoms with Crippen molar-refractivity contribution in [1.29, 1.82) is 0 Å². The quantitative estimate of drug-likeness (QED) is 0.190. The molecular weight excluding hydrogens is 380 g/mol. The van der Waals surface area contributed by atoms with E-state index in [9.17, 15) is 15.3 Å². The molecule has 0 radical (unpaired) electrons. The molecule has 4 atom stereocenters. The van der Waals surface area contributed by atoms with E-state index in [-0.39, 0.29) is 13.2 Å². The van der Waals surface area contributed by atoms with Crippen molar-refractivity contribution in [2.75, 3.05) is 19.8 Å². The third kappa shape index (κ3) is 13.8. The Bertz CT molecular complexity index is 401. The van der Waals surface area contributed by atoms with Gasteiger partial charge in [-0.25, -0.2) is 0 Å². The molecule has 0 aromatic heterocycles. The molecule has 3 N–H and O–H groups in total. The largest absolute Gasteiger partial charge is 0.388 e. The molecule has 0 amide bonds. The van der Waals surface area contributed by atoms with Crippen LogP contribution in [-0.2, 0) is 9.47 Å². The van der Waals surface area contributed by atoms with Gasteiger partial charge >= 0.3 is 0 Å². The molecule has 5 nitrogen and oxygen atoms in total. The third-order valence-corrected chi connectivity index (χ3v) is 5.91. The van der Waals surface area contributed by atoms with E-state index in [1.165, 1.54) is 83.5 Å². The molecule has 0 spiro atoms. The Kier molecular flexibility index (Phi) is 17.7. The first-order valence-corrected chi connectivity index (χ1v) is 12.5. The molecule has 5 heteroatoms. The molecule has 178 valence electrons. The topological polar surface area (TPSA) is 79.2 Å². The monoisotopic (exact) mass is 428 g/mol. The number of aliphatic hydroxyl groups is 3. The van der Waals surface area contributed by atoms with Gasteiger partial charge in [0.1, 0.15) is 24.4 Å². The fourth-order valence-corrected chi connectivity index (χ4v) is 3.89. The van der Waals surface area contributed by atoms with Gasteiger partial charge < -0.3 is 24.8 Å². The van der Waals surface area contributed by atoms with Crippen LogP contribution >= 0.6 is 0 Å². The van der Waals surface area contributed by atoms with Gasteiger partial charge in [0.15, 0.2) is 0 Å². The van der Waals surface area contributed by atoms with E-state index < -0.39 is 24.4 Å². The molecule has 0 unspecified atom stereocenters. The van der Waals surface area contributed by atoms with Crippen molar-refractivity contribution in [1.82, 2.24) is 0 Å². The van der Waals surface area contributed by atoms with Crippen LogP contribution in [0.25, 0.3) is 0 Å². The van der Waals surface area contributed by atoms with E-state index in [2.05, 4.69) is 19.1 Å². The van der Waals surface area contributed by atoms with E-state index in [0.29, 0.717) is 6.61 Å². The van der Waals surface area contributed by atoms with Gasteiger partial charge in [0.2, 0.25) is 0 Å². The van der Waals surface area contributed by atoms with E-state index in [0.717, 1.165) is 12.8 Å². The van der Waals surface area contributed by atoms with Gasteiger partial charge in [-0.05, 0) is 32.1 Å². The summed E-state index contributed by atoms with van der Waals surface area (Å²) in [6.45, 7) is 3.09. The normalized spacial score (nSPS) is 22.9. The second-order valence-electron chi connectivity index (χ2n) is 8.79. The summed E-state index contributed by atoms with van der Waals surface area (Å²) in [4.78, 5) is 0. The van der Waals surface area contributed by atoms with E-state index in [1.54, 1.807) is 0 Å². The molecule has 1 fully saturated rings. The van der Waals surface area contributed by atoms with Crippen LogP contribution in [0.4, 0.5) is 0 Å². The Hall–Kier alpha value is -0.460. The average molecular weight is 429 g/mol. The lowest BCUT2D eigenvalue weighted by molar-refractivity contribution is -0.0813. The van der Waals surface area contributed by atoms with Gasteiger partial charge in [-0.1, -0.05) is 83.3 Å². The Balaban J connectivity index is 1.78. The van der Waals surface area contributed by atoms with Crippen molar-refractivity contribution in [2.24, 2.45) is 0 Å². The molecule has 30 heavy (non-hydrogen) atoms. The van der Waals surface area contributed by atoms with Crippen LogP contribution in [-0.4, -0.2) is 59.6 Å². The fourth-order valence-electron chi connectivity index (χ4n) is 3.89. The van der Waals surface area contributed by atoms with Crippen molar-refractivity contribution in [2.45, 2.75) is 128 Å². The number of ether oxygens (including phenoxy) is 2. The minimum absolute atomic E-state index is 0.0667. The minimum atomic E-state index is -1.03. The van der Waals surface area contributed by atoms with Gasteiger partial charge in [0.05, 0.1) is 13.2 Å². The average Bonchev–Trinajstić information content (AvgIpc) is 3.08. The molecule has 1 aliphatic heterocycles. The van der Waals surface area contributed by atoms with Gasteiger partial charge in [-0.15, -0.1) is 0 Å². The smallest absolute Gasteiger partial charge is 0.114 e. The number of rotatable bonds is 20. The molecule has 1 saturated heterocycles. The number of hydrogen-bond acceptors (Lipinski definition) is 5. The predicted molar refractivity (Wildman–Crippen MR) is 123 cm³/mol. The van der Waals surface area contributed by atoms with Gasteiger partial charge in [0, 0.05) is 6.61 Å². The highest BCUT2D eigenvalue weighted by atomic mass is 16.5. The summed E-state index contributed by atoms with van der Waals surface area (Å²) < 4.78 is 10.7. The first-order chi connectivity index (χ1) is 14.7.